The number of hydrogen-bond donors (Lipinski definition) is 1. The fraction of sp³-hybridized carbons (Fsp3) is 0.545. The Kier molecular flexibility index (Phi) is 9.02. The highest BCUT2D eigenvalue weighted by Crippen LogP contribution is 2.63. The van der Waals surface area contributed by atoms with Gasteiger partial charge in [-0.05, 0) is 50.3 Å². The molecular formula is C33H41NO9. The molecule has 2 heterocycles. The molecule has 7 atom stereocenters. The first-order valence-corrected chi connectivity index (χ1v) is 14.6. The van der Waals surface area contributed by atoms with Crippen molar-refractivity contribution in [1.29, 1.82) is 0 Å². The van der Waals surface area contributed by atoms with Crippen LogP contribution in [0.15, 0.2) is 60.0 Å². The summed E-state index contributed by atoms with van der Waals surface area (Å²) in [4.78, 5) is 54.8. The van der Waals surface area contributed by atoms with Crippen LogP contribution in [0.1, 0.15) is 71.7 Å². The van der Waals surface area contributed by atoms with Gasteiger partial charge in [-0.25, -0.2) is 14.4 Å². The molecule has 43 heavy (non-hydrogen) atoms. The van der Waals surface area contributed by atoms with Gasteiger partial charge in [-0.15, -0.1) is 0 Å². The van der Waals surface area contributed by atoms with Crippen LogP contribution in [0.5, 0.6) is 0 Å². The maximum Gasteiger partial charge on any atom is 0.348 e. The summed E-state index contributed by atoms with van der Waals surface area (Å²) in [5.74, 6) is -3.36. The van der Waals surface area contributed by atoms with Gasteiger partial charge < -0.3 is 24.1 Å². The van der Waals surface area contributed by atoms with Crippen LogP contribution in [0.3, 0.4) is 0 Å². The minimum Gasteiger partial charge on any atom is -0.458 e. The average Bonchev–Trinajstić information content (AvgIpc) is 3.37. The molecule has 0 aromatic carbocycles. The molecule has 0 amide bonds. The van der Waals surface area contributed by atoms with Crippen molar-refractivity contribution < 1.29 is 43.2 Å². The lowest BCUT2D eigenvalue weighted by Gasteiger charge is -2.64. The minimum absolute atomic E-state index is 0.108. The molecule has 10 nitrogen and oxygen atoms in total. The van der Waals surface area contributed by atoms with Crippen LogP contribution in [-0.2, 0) is 33.3 Å². The van der Waals surface area contributed by atoms with Crippen LogP contribution >= 0.6 is 0 Å². The fourth-order valence-electron chi connectivity index (χ4n) is 6.78. The molecule has 1 fully saturated rings. The molecule has 3 aliphatic rings. The number of aromatic nitrogens is 1. The lowest BCUT2D eigenvalue weighted by Crippen LogP contribution is -2.72. The molecule has 0 saturated heterocycles. The summed E-state index contributed by atoms with van der Waals surface area (Å²) in [6.07, 6.45) is 7.60. The summed E-state index contributed by atoms with van der Waals surface area (Å²) < 4.78 is 22.7. The Bertz CT molecular complexity index is 1360. The van der Waals surface area contributed by atoms with Crippen LogP contribution < -0.4 is 0 Å². The summed E-state index contributed by atoms with van der Waals surface area (Å²) in [5.41, 5.74) is -1.99. The SMILES string of the molecule is CC(=O)O[C@@H](C(=O)O[C@H]1[C@H](OC(=O)c2cccnc2)[C@@]2(C)C(C)=CCC[C@@H]2[C@](C)(/C=C/C2=CC(=O)OC2)[C@@]1(C)O)C(C)C. The van der Waals surface area contributed by atoms with E-state index in [1.165, 1.54) is 25.4 Å². The van der Waals surface area contributed by atoms with Crippen LogP contribution in [0.2, 0.25) is 0 Å². The molecule has 232 valence electrons. The average molecular weight is 596 g/mol. The number of allylic oxidation sites excluding steroid dienone is 1. The van der Waals surface area contributed by atoms with Crippen LogP contribution in [0.25, 0.3) is 0 Å². The van der Waals surface area contributed by atoms with E-state index in [1.54, 1.807) is 39.0 Å². The van der Waals surface area contributed by atoms with Crippen molar-refractivity contribution in [3.8, 4) is 0 Å². The van der Waals surface area contributed by atoms with E-state index < -0.39 is 64.5 Å². The molecule has 0 radical (unpaired) electrons. The van der Waals surface area contributed by atoms with Gasteiger partial charge in [0.1, 0.15) is 12.2 Å². The molecule has 1 saturated carbocycles. The second kappa shape index (κ2) is 12.1. The number of carbonyl (C=O) groups is 4. The number of hydrogen-bond acceptors (Lipinski definition) is 10. The Morgan fingerprint density at radius 3 is 2.47 bits per heavy atom. The molecule has 4 rings (SSSR count). The predicted octanol–water partition coefficient (Wildman–Crippen LogP) is 4.28. The number of cyclic esters (lactones) is 1. The number of pyridine rings is 1. The highest BCUT2D eigenvalue weighted by molar-refractivity contribution is 5.89. The van der Waals surface area contributed by atoms with Gasteiger partial charge in [-0.3, -0.25) is 9.78 Å². The van der Waals surface area contributed by atoms with Gasteiger partial charge in [-0.1, -0.05) is 51.5 Å². The number of rotatable bonds is 8. The third-order valence-corrected chi connectivity index (χ3v) is 9.55. The van der Waals surface area contributed by atoms with Crippen LogP contribution in [0.4, 0.5) is 0 Å². The summed E-state index contributed by atoms with van der Waals surface area (Å²) in [6, 6.07) is 3.18. The van der Waals surface area contributed by atoms with E-state index in [-0.39, 0.29) is 18.1 Å². The van der Waals surface area contributed by atoms with Gasteiger partial charge in [-0.2, -0.15) is 0 Å². The van der Waals surface area contributed by atoms with Gasteiger partial charge in [0.05, 0.1) is 5.56 Å². The van der Waals surface area contributed by atoms with Gasteiger partial charge >= 0.3 is 23.9 Å². The standard InChI is InChI=1S/C33H41NO9/c1-19(2)26(41-21(4)35)30(38)43-28-27(42-29(37)23-11-9-15-34-17-23)32(6)20(3)10-8-12-24(32)31(5,33(28,7)39)14-13-22-16-25(36)40-18-22/h9-11,13-17,19,24,26-28,39H,8,12,18H2,1-7H3/b14-13+/t24-,26-,27+,28+,31+,32+,33+/m1/s1. The van der Waals surface area contributed by atoms with E-state index in [4.69, 9.17) is 18.9 Å². The van der Waals surface area contributed by atoms with E-state index >= 15 is 0 Å². The first-order valence-electron chi connectivity index (χ1n) is 14.6. The second-order valence-electron chi connectivity index (χ2n) is 12.6. The molecule has 0 bridgehead atoms. The van der Waals surface area contributed by atoms with E-state index in [0.717, 1.165) is 12.0 Å². The third kappa shape index (κ3) is 5.89. The van der Waals surface area contributed by atoms with Gasteiger partial charge in [0.2, 0.25) is 6.10 Å². The Balaban J connectivity index is 1.87. The number of carbonyl (C=O) groups excluding carboxylic acids is 4. The topological polar surface area (TPSA) is 138 Å². The normalized spacial score (nSPS) is 32.8. The Morgan fingerprint density at radius 1 is 1.16 bits per heavy atom. The van der Waals surface area contributed by atoms with Crippen molar-refractivity contribution in [2.45, 2.75) is 85.2 Å². The maximum absolute atomic E-state index is 13.7. The Labute approximate surface area is 252 Å². The maximum atomic E-state index is 13.7. The number of esters is 4. The molecule has 2 aliphatic carbocycles. The molecule has 10 heteroatoms. The molecule has 1 aromatic rings. The summed E-state index contributed by atoms with van der Waals surface area (Å²) >= 11 is 0. The van der Waals surface area contributed by atoms with Crippen LogP contribution in [-0.4, -0.2) is 64.5 Å². The van der Waals surface area contributed by atoms with Crippen molar-refractivity contribution in [1.82, 2.24) is 4.98 Å². The summed E-state index contributed by atoms with van der Waals surface area (Å²) in [5, 5.41) is 12.5. The smallest absolute Gasteiger partial charge is 0.348 e. The quantitative estimate of drug-likeness (QED) is 0.263. The lowest BCUT2D eigenvalue weighted by molar-refractivity contribution is -0.263. The molecular weight excluding hydrogens is 554 g/mol. The van der Waals surface area contributed by atoms with Gasteiger partial charge in [0, 0.05) is 42.1 Å². The largest absolute Gasteiger partial charge is 0.458 e. The molecule has 1 aromatic heterocycles. The highest BCUT2D eigenvalue weighted by atomic mass is 16.6. The predicted molar refractivity (Wildman–Crippen MR) is 155 cm³/mol. The van der Waals surface area contributed by atoms with Crippen molar-refractivity contribution in [3.63, 3.8) is 0 Å². The molecule has 1 aliphatic heterocycles. The number of fused-ring (bicyclic) bond motifs is 1. The summed E-state index contributed by atoms with van der Waals surface area (Å²) in [6.45, 7) is 12.1. The highest BCUT2D eigenvalue weighted by Gasteiger charge is 2.69. The molecule has 0 unspecified atom stereocenters. The van der Waals surface area contributed by atoms with Gasteiger partial charge in [0.25, 0.3) is 0 Å². The van der Waals surface area contributed by atoms with Gasteiger partial charge in [0.15, 0.2) is 12.2 Å². The first kappa shape index (κ1) is 32.1. The fourth-order valence-corrected chi connectivity index (χ4v) is 6.78. The van der Waals surface area contributed by atoms with E-state index in [9.17, 15) is 24.3 Å². The van der Waals surface area contributed by atoms with Crippen LogP contribution in [0, 0.1) is 22.7 Å². The zero-order valence-corrected chi connectivity index (χ0v) is 25.8. The molecule has 1 N–H and O–H groups in total. The third-order valence-electron chi connectivity index (χ3n) is 9.55. The number of ether oxygens (including phenoxy) is 4. The van der Waals surface area contributed by atoms with E-state index in [0.29, 0.717) is 12.0 Å². The second-order valence-corrected chi connectivity index (χ2v) is 12.6. The zero-order valence-electron chi connectivity index (χ0n) is 25.8. The van der Waals surface area contributed by atoms with Crippen molar-refractivity contribution >= 4 is 23.9 Å². The number of nitrogens with zero attached hydrogens (tertiary/aromatic N) is 1. The first-order chi connectivity index (χ1) is 20.1. The zero-order chi connectivity index (χ0) is 31.7. The monoisotopic (exact) mass is 595 g/mol. The Hall–Kier alpha value is -3.79. The van der Waals surface area contributed by atoms with Crippen molar-refractivity contribution in [3.05, 3.63) is 65.5 Å². The Morgan fingerprint density at radius 2 is 1.88 bits per heavy atom. The molecule has 0 spiro atoms. The van der Waals surface area contributed by atoms with E-state index in [2.05, 4.69) is 11.1 Å². The van der Waals surface area contributed by atoms with Crippen molar-refractivity contribution in [2.24, 2.45) is 22.7 Å². The number of aliphatic hydroxyl groups is 1. The van der Waals surface area contributed by atoms with Crippen molar-refractivity contribution in [2.75, 3.05) is 6.61 Å². The minimum atomic E-state index is -1.80. The summed E-state index contributed by atoms with van der Waals surface area (Å²) in [7, 11) is 0. The van der Waals surface area contributed by atoms with E-state index in [1.807, 2.05) is 26.8 Å². The lowest BCUT2D eigenvalue weighted by atomic mass is 9.44.